The summed E-state index contributed by atoms with van der Waals surface area (Å²) in [7, 11) is 0. The van der Waals surface area contributed by atoms with Crippen LogP contribution in [-0.2, 0) is 0 Å². The van der Waals surface area contributed by atoms with Gasteiger partial charge in [0.25, 0.3) is 0 Å². The second-order valence-corrected chi connectivity index (χ2v) is 9.30. The van der Waals surface area contributed by atoms with E-state index in [0.717, 1.165) is 18.0 Å². The summed E-state index contributed by atoms with van der Waals surface area (Å²) in [6, 6.07) is 1.55. The number of piperazine rings is 1. The molecule has 2 heteroatoms. The third-order valence-corrected chi connectivity index (χ3v) is 5.24. The van der Waals surface area contributed by atoms with E-state index in [4.69, 9.17) is 0 Å². The van der Waals surface area contributed by atoms with E-state index in [9.17, 15) is 0 Å². The maximum atomic E-state index is 2.86. The summed E-state index contributed by atoms with van der Waals surface area (Å²) in [5.74, 6) is 0.746. The summed E-state index contributed by atoms with van der Waals surface area (Å²) in [5.41, 5.74) is 0.708. The van der Waals surface area contributed by atoms with Gasteiger partial charge in [-0.2, -0.15) is 0 Å². The van der Waals surface area contributed by atoms with Gasteiger partial charge in [-0.3, -0.25) is 9.80 Å². The first-order valence-corrected chi connectivity index (χ1v) is 8.61. The fraction of sp³-hybridized carbons (Fsp3) is 1.00. The van der Waals surface area contributed by atoms with Gasteiger partial charge < -0.3 is 0 Å². The first kappa shape index (κ1) is 16.3. The van der Waals surface area contributed by atoms with Crippen molar-refractivity contribution in [2.45, 2.75) is 85.4 Å². The maximum absolute atomic E-state index is 2.86. The van der Waals surface area contributed by atoms with Crippen LogP contribution in [0.5, 0.6) is 0 Å². The van der Waals surface area contributed by atoms with Gasteiger partial charge in [0.15, 0.2) is 0 Å². The van der Waals surface area contributed by atoms with Gasteiger partial charge in [-0.05, 0) is 51.0 Å². The number of hydrogen-bond donors (Lipinski definition) is 0. The molecule has 2 heterocycles. The van der Waals surface area contributed by atoms with Crippen molar-refractivity contribution in [1.29, 1.82) is 0 Å². The molecule has 0 aliphatic carbocycles. The molecule has 0 aromatic heterocycles. The van der Waals surface area contributed by atoms with Crippen LogP contribution < -0.4 is 0 Å². The Morgan fingerprint density at radius 3 is 2.25 bits per heavy atom. The molecule has 0 aromatic carbocycles. The highest BCUT2D eigenvalue weighted by Crippen LogP contribution is 2.37. The van der Waals surface area contributed by atoms with Gasteiger partial charge in [-0.1, -0.05) is 34.6 Å². The Labute approximate surface area is 126 Å². The van der Waals surface area contributed by atoms with E-state index >= 15 is 0 Å². The highest BCUT2D eigenvalue weighted by Gasteiger charge is 2.44. The highest BCUT2D eigenvalue weighted by atomic mass is 15.3. The molecule has 0 radical (unpaired) electrons. The minimum atomic E-state index is 0.307. The molecular formula is C18H36N2. The van der Waals surface area contributed by atoms with Crippen LogP contribution in [0.2, 0.25) is 0 Å². The van der Waals surface area contributed by atoms with Crippen LogP contribution in [0.4, 0.5) is 0 Å². The fourth-order valence-electron chi connectivity index (χ4n) is 4.71. The summed E-state index contributed by atoms with van der Waals surface area (Å²) >= 11 is 0. The van der Waals surface area contributed by atoms with Crippen molar-refractivity contribution >= 4 is 0 Å². The molecule has 0 spiro atoms. The van der Waals surface area contributed by atoms with Crippen LogP contribution in [0, 0.1) is 11.3 Å². The van der Waals surface area contributed by atoms with Gasteiger partial charge in [0, 0.05) is 30.7 Å². The van der Waals surface area contributed by atoms with E-state index < -0.39 is 0 Å². The molecule has 0 aromatic rings. The molecule has 2 atom stereocenters. The quantitative estimate of drug-likeness (QED) is 0.771. The van der Waals surface area contributed by atoms with Gasteiger partial charge in [0.05, 0.1) is 0 Å². The van der Waals surface area contributed by atoms with Gasteiger partial charge in [-0.25, -0.2) is 0 Å². The smallest absolute Gasteiger partial charge is 0.0252 e. The van der Waals surface area contributed by atoms with Crippen LogP contribution in [0.15, 0.2) is 0 Å². The van der Waals surface area contributed by atoms with Gasteiger partial charge in [-0.15, -0.1) is 0 Å². The Balaban J connectivity index is 2.17. The molecule has 2 unspecified atom stereocenters. The molecule has 20 heavy (non-hydrogen) atoms. The second-order valence-electron chi connectivity index (χ2n) is 9.30. The normalized spacial score (nSPS) is 30.0. The lowest BCUT2D eigenvalue weighted by Gasteiger charge is -2.54. The van der Waals surface area contributed by atoms with Crippen LogP contribution in [0.3, 0.4) is 0 Å². The fourth-order valence-corrected chi connectivity index (χ4v) is 4.71. The Morgan fingerprint density at radius 1 is 1.05 bits per heavy atom. The lowest BCUT2D eigenvalue weighted by Crippen LogP contribution is -2.64. The second kappa shape index (κ2) is 5.61. The monoisotopic (exact) mass is 280 g/mol. The van der Waals surface area contributed by atoms with Crippen molar-refractivity contribution in [3.8, 4) is 0 Å². The third kappa shape index (κ3) is 3.57. The zero-order valence-electron chi connectivity index (χ0n) is 14.9. The van der Waals surface area contributed by atoms with Gasteiger partial charge >= 0.3 is 0 Å². The van der Waals surface area contributed by atoms with E-state index in [2.05, 4.69) is 58.3 Å². The molecule has 2 nitrogen and oxygen atoms in total. The number of rotatable bonds is 3. The van der Waals surface area contributed by atoms with Gasteiger partial charge in [0.2, 0.25) is 0 Å². The minimum absolute atomic E-state index is 0.307. The van der Waals surface area contributed by atoms with Crippen LogP contribution in [0.25, 0.3) is 0 Å². The Kier molecular flexibility index (Phi) is 4.57. The van der Waals surface area contributed by atoms with E-state index in [1.807, 2.05) is 0 Å². The van der Waals surface area contributed by atoms with E-state index in [0.29, 0.717) is 11.0 Å². The predicted molar refractivity (Wildman–Crippen MR) is 88.1 cm³/mol. The Bertz CT molecular complexity index is 327. The summed E-state index contributed by atoms with van der Waals surface area (Å²) in [4.78, 5) is 5.61. The first-order valence-electron chi connectivity index (χ1n) is 8.61. The molecule has 0 amide bonds. The van der Waals surface area contributed by atoms with E-state index in [-0.39, 0.29) is 0 Å². The average molecular weight is 280 g/mol. The van der Waals surface area contributed by atoms with Crippen LogP contribution >= 0.6 is 0 Å². The third-order valence-electron chi connectivity index (χ3n) is 5.24. The summed E-state index contributed by atoms with van der Waals surface area (Å²) in [5, 5.41) is 0. The van der Waals surface area contributed by atoms with Crippen molar-refractivity contribution < 1.29 is 0 Å². The van der Waals surface area contributed by atoms with E-state index in [1.165, 1.54) is 38.9 Å². The Hall–Kier alpha value is -0.0800. The summed E-state index contributed by atoms with van der Waals surface area (Å²) in [6.45, 7) is 20.8. The maximum Gasteiger partial charge on any atom is 0.0252 e. The van der Waals surface area contributed by atoms with E-state index in [1.54, 1.807) is 0 Å². The molecule has 0 N–H and O–H groups in total. The first-order chi connectivity index (χ1) is 9.10. The zero-order chi connectivity index (χ0) is 15.1. The number of hydrogen-bond acceptors (Lipinski definition) is 2. The number of nitrogens with zero attached hydrogens (tertiary/aromatic N) is 2. The zero-order valence-corrected chi connectivity index (χ0v) is 14.9. The van der Waals surface area contributed by atoms with Crippen molar-refractivity contribution in [2.75, 3.05) is 19.6 Å². The van der Waals surface area contributed by atoms with Gasteiger partial charge in [0.1, 0.15) is 0 Å². The molecule has 118 valence electrons. The lowest BCUT2D eigenvalue weighted by atomic mass is 9.78. The Morgan fingerprint density at radius 2 is 1.70 bits per heavy atom. The molecule has 2 saturated heterocycles. The largest absolute Gasteiger partial charge is 0.298 e. The molecule has 2 fully saturated rings. The van der Waals surface area contributed by atoms with Crippen molar-refractivity contribution in [2.24, 2.45) is 11.3 Å². The van der Waals surface area contributed by atoms with Crippen LogP contribution in [0.1, 0.15) is 67.7 Å². The molecular weight excluding hydrogens is 244 g/mol. The average Bonchev–Trinajstić information content (AvgIpc) is 2.70. The van der Waals surface area contributed by atoms with Crippen molar-refractivity contribution in [1.82, 2.24) is 9.80 Å². The summed E-state index contributed by atoms with van der Waals surface area (Å²) < 4.78 is 0. The standard InChI is InChI=1S/C18H36N2/c1-14(2)16-12-19-10-8-9-15(19)11-20(16)18(6,7)13-17(3,4)5/h14-16H,8-13H2,1-7H3. The van der Waals surface area contributed by atoms with Crippen LogP contribution in [-0.4, -0.2) is 47.1 Å². The predicted octanol–water partition coefficient (Wildman–Crippen LogP) is 4.01. The molecule has 0 saturated carbocycles. The van der Waals surface area contributed by atoms with Crippen molar-refractivity contribution in [3.05, 3.63) is 0 Å². The minimum Gasteiger partial charge on any atom is -0.298 e. The molecule has 2 aliphatic heterocycles. The topological polar surface area (TPSA) is 6.48 Å². The molecule has 0 bridgehead atoms. The lowest BCUT2D eigenvalue weighted by molar-refractivity contribution is -0.0468. The molecule has 2 rings (SSSR count). The number of fused-ring (bicyclic) bond motifs is 1. The molecule has 2 aliphatic rings. The highest BCUT2D eigenvalue weighted by molar-refractivity contribution is 4.99. The SMILES string of the molecule is CC(C)C1CN2CCCC2CN1C(C)(C)CC(C)(C)C. The van der Waals surface area contributed by atoms with Crippen molar-refractivity contribution in [3.63, 3.8) is 0 Å². The summed E-state index contributed by atoms with van der Waals surface area (Å²) in [6.07, 6.45) is 4.09.